The lowest BCUT2D eigenvalue weighted by atomic mass is 10.2. The molecule has 1 radical (unpaired) electrons. The number of hydrogen-bond acceptors (Lipinski definition) is 2. The Balaban J connectivity index is 3.12. The molecule has 10 heavy (non-hydrogen) atoms. The molecule has 0 saturated carbocycles. The van der Waals surface area contributed by atoms with Gasteiger partial charge < -0.3 is 0 Å². The minimum Gasteiger partial charge on any atom is -0.192 e. The van der Waals surface area contributed by atoms with E-state index < -0.39 is 0 Å². The van der Waals surface area contributed by atoms with Crippen LogP contribution in [0.1, 0.15) is 5.56 Å². The maximum absolute atomic E-state index is 8.56. The highest BCUT2D eigenvalue weighted by Crippen LogP contribution is 2.19. The Morgan fingerprint density at radius 3 is 2.60 bits per heavy atom. The molecule has 0 saturated heterocycles. The number of hydrogen-bond donors (Lipinski definition) is 0. The zero-order chi connectivity index (χ0) is 7.40. The summed E-state index contributed by atoms with van der Waals surface area (Å²) in [6.07, 6.45) is 3.63. The number of thioether (sulfide) groups is 1. The summed E-state index contributed by atoms with van der Waals surface area (Å²) >= 11 is 1.35. The molecule has 0 spiro atoms. The summed E-state index contributed by atoms with van der Waals surface area (Å²) in [6, 6.07) is 9.50. The molecule has 0 N–H and O–H groups in total. The van der Waals surface area contributed by atoms with Gasteiger partial charge in [-0.3, -0.25) is 0 Å². The van der Waals surface area contributed by atoms with Crippen molar-refractivity contribution in [1.82, 2.24) is 0 Å². The van der Waals surface area contributed by atoms with Gasteiger partial charge in [0.05, 0.1) is 5.56 Å². The minimum atomic E-state index is 0.697. The van der Waals surface area contributed by atoms with E-state index in [1.807, 2.05) is 18.2 Å². The normalized spacial score (nSPS) is 8.80. The molecule has 0 fully saturated rings. The minimum absolute atomic E-state index is 0.697. The Morgan fingerprint density at radius 2 is 2.10 bits per heavy atom. The highest BCUT2D eigenvalue weighted by Gasteiger charge is 1.95. The number of nitrogens with zero attached hydrogens (tertiary/aromatic N) is 1. The Labute approximate surface area is 64.7 Å². The van der Waals surface area contributed by atoms with E-state index in [4.69, 9.17) is 5.26 Å². The van der Waals surface area contributed by atoms with Crippen molar-refractivity contribution in [3.63, 3.8) is 0 Å². The quantitative estimate of drug-likeness (QED) is 0.571. The third-order valence-electron chi connectivity index (χ3n) is 1.16. The van der Waals surface area contributed by atoms with Crippen molar-refractivity contribution in [2.24, 2.45) is 0 Å². The molecule has 0 aliphatic heterocycles. The van der Waals surface area contributed by atoms with Gasteiger partial charge in [-0.1, -0.05) is 12.1 Å². The zero-order valence-corrected chi connectivity index (χ0v) is 6.19. The summed E-state index contributed by atoms with van der Waals surface area (Å²) in [5.74, 6) is 0. The van der Waals surface area contributed by atoms with Crippen molar-refractivity contribution in [2.75, 3.05) is 0 Å². The van der Waals surface area contributed by atoms with Gasteiger partial charge in [0.25, 0.3) is 0 Å². The van der Waals surface area contributed by atoms with Crippen LogP contribution in [0.3, 0.4) is 0 Å². The molecule has 0 aromatic heterocycles. The third-order valence-corrected chi connectivity index (χ3v) is 1.83. The van der Waals surface area contributed by atoms with E-state index in [2.05, 4.69) is 12.3 Å². The van der Waals surface area contributed by atoms with Crippen molar-refractivity contribution in [2.45, 2.75) is 4.90 Å². The Morgan fingerprint density at radius 1 is 1.40 bits per heavy atom. The van der Waals surface area contributed by atoms with E-state index in [0.717, 1.165) is 4.90 Å². The molecule has 1 nitrogen and oxygen atoms in total. The molecule has 0 bridgehead atoms. The summed E-state index contributed by atoms with van der Waals surface area (Å²) in [6.45, 7) is 0. The van der Waals surface area contributed by atoms with Gasteiger partial charge in [-0.2, -0.15) is 5.26 Å². The summed E-state index contributed by atoms with van der Waals surface area (Å²) in [7, 11) is 0. The first-order valence-electron chi connectivity index (χ1n) is 2.79. The fraction of sp³-hybridized carbons (Fsp3) is 0. The van der Waals surface area contributed by atoms with Gasteiger partial charge >= 0.3 is 0 Å². The molecule has 0 aliphatic carbocycles. The molecule has 0 atom stereocenters. The van der Waals surface area contributed by atoms with Crippen molar-refractivity contribution >= 4 is 11.8 Å². The highest BCUT2D eigenvalue weighted by atomic mass is 32.2. The molecule has 1 aromatic carbocycles. The van der Waals surface area contributed by atoms with Crippen LogP contribution in [0.25, 0.3) is 0 Å². The fourth-order valence-corrected chi connectivity index (χ4v) is 1.13. The molecule has 49 valence electrons. The van der Waals surface area contributed by atoms with E-state index >= 15 is 0 Å². The number of nitriles is 1. The Kier molecular flexibility index (Phi) is 2.35. The first-order chi connectivity index (χ1) is 4.88. The lowest BCUT2D eigenvalue weighted by molar-refractivity contribution is 1.37. The first kappa shape index (κ1) is 7.17. The van der Waals surface area contributed by atoms with Gasteiger partial charge in [0.2, 0.25) is 0 Å². The summed E-state index contributed by atoms with van der Waals surface area (Å²) in [5, 5.41) is 8.56. The van der Waals surface area contributed by atoms with E-state index in [1.54, 1.807) is 6.07 Å². The third kappa shape index (κ3) is 1.31. The molecule has 0 unspecified atom stereocenters. The van der Waals surface area contributed by atoms with Crippen LogP contribution in [0.4, 0.5) is 0 Å². The largest absolute Gasteiger partial charge is 0.192 e. The number of rotatable bonds is 1. The van der Waals surface area contributed by atoms with E-state index in [1.165, 1.54) is 11.8 Å². The Hall–Kier alpha value is -0.940. The van der Waals surface area contributed by atoms with Gasteiger partial charge in [0.15, 0.2) is 0 Å². The van der Waals surface area contributed by atoms with Crippen molar-refractivity contribution < 1.29 is 0 Å². The standard InChI is InChI=1S/C8H6NS/c1-10-8-5-3-2-4-7(8)6-9/h2-5H,1H2. The van der Waals surface area contributed by atoms with Crippen LogP contribution in [-0.2, 0) is 0 Å². The molecule has 0 aliphatic rings. The second-order valence-electron chi connectivity index (χ2n) is 1.75. The topological polar surface area (TPSA) is 23.8 Å². The van der Waals surface area contributed by atoms with E-state index in [0.29, 0.717) is 5.56 Å². The molecule has 1 rings (SSSR count). The van der Waals surface area contributed by atoms with Crippen LogP contribution in [0.15, 0.2) is 29.2 Å². The highest BCUT2D eigenvalue weighted by molar-refractivity contribution is 8.00. The zero-order valence-electron chi connectivity index (χ0n) is 5.37. The SMILES string of the molecule is [CH2]Sc1ccccc1C#N. The van der Waals surface area contributed by atoms with Crippen LogP contribution >= 0.6 is 11.8 Å². The lowest BCUT2D eigenvalue weighted by Gasteiger charge is -1.95. The van der Waals surface area contributed by atoms with Crippen LogP contribution < -0.4 is 0 Å². The smallest absolute Gasteiger partial charge is 0.100 e. The fourth-order valence-electron chi connectivity index (χ4n) is 0.685. The van der Waals surface area contributed by atoms with E-state index in [9.17, 15) is 0 Å². The Bertz CT molecular complexity index is 262. The average molecular weight is 148 g/mol. The molecular weight excluding hydrogens is 142 g/mol. The van der Waals surface area contributed by atoms with Gasteiger partial charge in [-0.05, 0) is 12.1 Å². The van der Waals surface area contributed by atoms with Gasteiger partial charge in [0.1, 0.15) is 6.07 Å². The monoisotopic (exact) mass is 148 g/mol. The maximum atomic E-state index is 8.56. The average Bonchev–Trinajstić information content (AvgIpc) is 2.04. The predicted molar refractivity (Wildman–Crippen MR) is 42.4 cm³/mol. The predicted octanol–water partition coefficient (Wildman–Crippen LogP) is 2.44. The van der Waals surface area contributed by atoms with Crippen LogP contribution in [-0.4, -0.2) is 0 Å². The molecule has 0 heterocycles. The molecule has 2 heteroatoms. The first-order valence-corrected chi connectivity index (χ1v) is 3.78. The second-order valence-corrected chi connectivity index (χ2v) is 2.48. The molecular formula is C8H6NS. The maximum Gasteiger partial charge on any atom is 0.100 e. The second kappa shape index (κ2) is 3.28. The summed E-state index contributed by atoms with van der Waals surface area (Å²) in [4.78, 5) is 0.935. The molecule has 0 amide bonds. The summed E-state index contributed by atoms with van der Waals surface area (Å²) < 4.78 is 0. The van der Waals surface area contributed by atoms with E-state index in [-0.39, 0.29) is 0 Å². The van der Waals surface area contributed by atoms with Gasteiger partial charge in [-0.25, -0.2) is 0 Å². The van der Waals surface area contributed by atoms with Crippen LogP contribution in [0.5, 0.6) is 0 Å². The summed E-state index contributed by atoms with van der Waals surface area (Å²) in [5.41, 5.74) is 0.697. The lowest BCUT2D eigenvalue weighted by Crippen LogP contribution is -1.75. The van der Waals surface area contributed by atoms with Crippen molar-refractivity contribution in [3.8, 4) is 6.07 Å². The van der Waals surface area contributed by atoms with Crippen molar-refractivity contribution in [1.29, 1.82) is 5.26 Å². The van der Waals surface area contributed by atoms with Gasteiger partial charge in [0, 0.05) is 11.2 Å². The van der Waals surface area contributed by atoms with Crippen molar-refractivity contribution in [3.05, 3.63) is 36.1 Å². The van der Waals surface area contributed by atoms with Crippen LogP contribution in [0, 0.1) is 17.6 Å². The van der Waals surface area contributed by atoms with Gasteiger partial charge in [-0.15, -0.1) is 11.8 Å². The molecule has 1 aromatic rings. The number of benzene rings is 1. The van der Waals surface area contributed by atoms with Crippen LogP contribution in [0.2, 0.25) is 0 Å².